The summed E-state index contributed by atoms with van der Waals surface area (Å²) in [5, 5.41) is 10.2. The molecule has 0 bridgehead atoms. The molecule has 3 aromatic rings. The summed E-state index contributed by atoms with van der Waals surface area (Å²) >= 11 is 7.66. The topological polar surface area (TPSA) is 51.0 Å². The van der Waals surface area contributed by atoms with Gasteiger partial charge in [0.25, 0.3) is 0 Å². The Morgan fingerprint density at radius 3 is 2.40 bits per heavy atom. The van der Waals surface area contributed by atoms with E-state index in [2.05, 4.69) is 43.1 Å². The fourth-order valence-electron chi connectivity index (χ4n) is 3.22. The van der Waals surface area contributed by atoms with Gasteiger partial charge in [0, 0.05) is 23.7 Å². The molecular formula is C23H27ClN4OS. The maximum Gasteiger partial charge on any atom is 0.233 e. The van der Waals surface area contributed by atoms with Gasteiger partial charge in [-0.2, -0.15) is 0 Å². The van der Waals surface area contributed by atoms with Crippen LogP contribution >= 0.6 is 23.4 Å². The van der Waals surface area contributed by atoms with Gasteiger partial charge in [0.1, 0.15) is 0 Å². The first-order valence-electron chi connectivity index (χ1n) is 10.2. The summed E-state index contributed by atoms with van der Waals surface area (Å²) in [5.41, 5.74) is 3.02. The Balaban J connectivity index is 1.93. The van der Waals surface area contributed by atoms with E-state index in [1.165, 1.54) is 17.3 Å². The number of aromatic nitrogens is 3. The SMILES string of the molecule is CCCN(CCC)C(=O)CSc1nnc(-c2ccc(C)cc2)n1-c1cccc(Cl)c1. The number of halogens is 1. The molecule has 158 valence electrons. The average molecular weight is 443 g/mol. The van der Waals surface area contributed by atoms with E-state index >= 15 is 0 Å². The molecule has 5 nitrogen and oxygen atoms in total. The highest BCUT2D eigenvalue weighted by Gasteiger charge is 2.19. The van der Waals surface area contributed by atoms with Crippen LogP contribution in [-0.2, 0) is 4.79 Å². The molecule has 0 N–H and O–H groups in total. The molecule has 7 heteroatoms. The summed E-state index contributed by atoms with van der Waals surface area (Å²) < 4.78 is 1.97. The Kier molecular flexibility index (Phi) is 7.94. The molecule has 0 saturated heterocycles. The minimum atomic E-state index is 0.126. The highest BCUT2D eigenvalue weighted by Crippen LogP contribution is 2.29. The van der Waals surface area contributed by atoms with Gasteiger partial charge in [-0.3, -0.25) is 9.36 Å². The van der Waals surface area contributed by atoms with E-state index in [1.54, 1.807) is 0 Å². The maximum absolute atomic E-state index is 12.7. The Labute approximate surface area is 187 Å². The van der Waals surface area contributed by atoms with Crippen molar-refractivity contribution in [2.24, 2.45) is 0 Å². The molecule has 1 aromatic heterocycles. The van der Waals surface area contributed by atoms with Crippen LogP contribution in [0.25, 0.3) is 17.1 Å². The number of carbonyl (C=O) groups is 1. The smallest absolute Gasteiger partial charge is 0.233 e. The molecule has 0 atom stereocenters. The number of nitrogens with zero attached hydrogens (tertiary/aromatic N) is 4. The van der Waals surface area contributed by atoms with Crippen LogP contribution in [0.15, 0.2) is 53.7 Å². The molecule has 0 spiro atoms. The number of aryl methyl sites for hydroxylation is 1. The van der Waals surface area contributed by atoms with Crippen LogP contribution in [0.1, 0.15) is 32.3 Å². The van der Waals surface area contributed by atoms with Crippen molar-refractivity contribution in [1.29, 1.82) is 0 Å². The Hall–Kier alpha value is -2.31. The third kappa shape index (κ3) is 5.43. The lowest BCUT2D eigenvalue weighted by molar-refractivity contribution is -0.128. The predicted octanol–water partition coefficient (Wildman–Crippen LogP) is 5.64. The molecule has 0 saturated carbocycles. The molecule has 1 amide bonds. The monoisotopic (exact) mass is 442 g/mol. The predicted molar refractivity (Wildman–Crippen MR) is 124 cm³/mol. The zero-order valence-corrected chi connectivity index (χ0v) is 19.2. The number of benzene rings is 2. The van der Waals surface area contributed by atoms with Crippen molar-refractivity contribution in [1.82, 2.24) is 19.7 Å². The molecule has 3 rings (SSSR count). The van der Waals surface area contributed by atoms with Gasteiger partial charge in [-0.1, -0.05) is 73.1 Å². The third-order valence-corrected chi connectivity index (χ3v) is 5.82. The fraction of sp³-hybridized carbons (Fsp3) is 0.348. The Morgan fingerprint density at radius 2 is 1.77 bits per heavy atom. The van der Waals surface area contributed by atoms with Crippen LogP contribution in [0.5, 0.6) is 0 Å². The second-order valence-corrected chi connectivity index (χ2v) is 8.54. The minimum absolute atomic E-state index is 0.126. The number of thioether (sulfide) groups is 1. The van der Waals surface area contributed by atoms with Crippen LogP contribution in [0.3, 0.4) is 0 Å². The van der Waals surface area contributed by atoms with Crippen LogP contribution in [0, 0.1) is 6.92 Å². The van der Waals surface area contributed by atoms with E-state index in [1.807, 2.05) is 45.9 Å². The molecule has 2 aromatic carbocycles. The molecular weight excluding hydrogens is 416 g/mol. The third-order valence-electron chi connectivity index (χ3n) is 4.67. The number of rotatable bonds is 9. The molecule has 0 radical (unpaired) electrons. The first-order chi connectivity index (χ1) is 14.5. The molecule has 0 aliphatic carbocycles. The van der Waals surface area contributed by atoms with Gasteiger partial charge in [-0.05, 0) is 38.0 Å². The normalized spacial score (nSPS) is 10.9. The zero-order chi connectivity index (χ0) is 21.5. The van der Waals surface area contributed by atoms with E-state index in [9.17, 15) is 4.79 Å². The lowest BCUT2D eigenvalue weighted by Crippen LogP contribution is -2.33. The second-order valence-electron chi connectivity index (χ2n) is 7.16. The fourth-order valence-corrected chi connectivity index (χ4v) is 4.26. The van der Waals surface area contributed by atoms with Gasteiger partial charge in [-0.15, -0.1) is 10.2 Å². The van der Waals surface area contributed by atoms with Gasteiger partial charge < -0.3 is 4.90 Å². The van der Waals surface area contributed by atoms with Gasteiger partial charge in [0.2, 0.25) is 5.91 Å². The van der Waals surface area contributed by atoms with Crippen molar-refractivity contribution >= 4 is 29.3 Å². The summed E-state index contributed by atoms with van der Waals surface area (Å²) in [4.78, 5) is 14.7. The van der Waals surface area contributed by atoms with E-state index in [-0.39, 0.29) is 5.91 Å². The van der Waals surface area contributed by atoms with Gasteiger partial charge in [0.15, 0.2) is 11.0 Å². The highest BCUT2D eigenvalue weighted by atomic mass is 35.5. The summed E-state index contributed by atoms with van der Waals surface area (Å²) in [6.45, 7) is 7.79. The first kappa shape index (κ1) is 22.4. The molecule has 1 heterocycles. The van der Waals surface area contributed by atoms with Crippen LogP contribution < -0.4 is 0 Å². The second kappa shape index (κ2) is 10.6. The molecule has 0 aliphatic rings. The van der Waals surface area contributed by atoms with E-state index < -0.39 is 0 Å². The van der Waals surface area contributed by atoms with Crippen LogP contribution in [0.4, 0.5) is 0 Å². The van der Waals surface area contributed by atoms with Crippen molar-refractivity contribution in [3.63, 3.8) is 0 Å². The van der Waals surface area contributed by atoms with Crippen molar-refractivity contribution in [2.45, 2.75) is 38.8 Å². The summed E-state index contributed by atoms with van der Waals surface area (Å²) in [7, 11) is 0. The molecule has 30 heavy (non-hydrogen) atoms. The minimum Gasteiger partial charge on any atom is -0.342 e. The molecule has 0 fully saturated rings. The lowest BCUT2D eigenvalue weighted by Gasteiger charge is -2.21. The summed E-state index contributed by atoms with van der Waals surface area (Å²) in [5.74, 6) is 1.18. The van der Waals surface area contributed by atoms with Crippen molar-refractivity contribution in [3.05, 3.63) is 59.1 Å². The van der Waals surface area contributed by atoms with E-state index in [0.29, 0.717) is 15.9 Å². The Morgan fingerprint density at radius 1 is 1.07 bits per heavy atom. The number of carbonyl (C=O) groups excluding carboxylic acids is 1. The number of hydrogen-bond acceptors (Lipinski definition) is 4. The van der Waals surface area contributed by atoms with E-state index in [4.69, 9.17) is 11.6 Å². The lowest BCUT2D eigenvalue weighted by atomic mass is 10.1. The van der Waals surface area contributed by atoms with Crippen molar-refractivity contribution in [2.75, 3.05) is 18.8 Å². The Bertz CT molecular complexity index is 981. The quantitative estimate of drug-likeness (QED) is 0.402. The molecule has 0 unspecified atom stereocenters. The van der Waals surface area contributed by atoms with Gasteiger partial charge in [-0.25, -0.2) is 0 Å². The number of hydrogen-bond donors (Lipinski definition) is 0. The number of amides is 1. The summed E-state index contributed by atoms with van der Waals surface area (Å²) in [6, 6.07) is 15.8. The van der Waals surface area contributed by atoms with E-state index in [0.717, 1.165) is 43.0 Å². The summed E-state index contributed by atoms with van der Waals surface area (Å²) in [6.07, 6.45) is 1.90. The standard InChI is InChI=1S/C23H27ClN4OS/c1-4-13-27(14-5-2)21(29)16-30-23-26-25-22(18-11-9-17(3)10-12-18)28(23)20-8-6-7-19(24)15-20/h6-12,15H,4-5,13-14,16H2,1-3H3. The molecule has 0 aliphatic heterocycles. The highest BCUT2D eigenvalue weighted by molar-refractivity contribution is 7.99. The first-order valence-corrected chi connectivity index (χ1v) is 11.6. The van der Waals surface area contributed by atoms with Crippen molar-refractivity contribution < 1.29 is 4.79 Å². The maximum atomic E-state index is 12.7. The zero-order valence-electron chi connectivity index (χ0n) is 17.6. The van der Waals surface area contributed by atoms with Gasteiger partial charge >= 0.3 is 0 Å². The van der Waals surface area contributed by atoms with Crippen molar-refractivity contribution in [3.8, 4) is 17.1 Å². The van der Waals surface area contributed by atoms with Gasteiger partial charge in [0.05, 0.1) is 11.4 Å². The largest absolute Gasteiger partial charge is 0.342 e. The van der Waals surface area contributed by atoms with Crippen LogP contribution in [0.2, 0.25) is 5.02 Å². The van der Waals surface area contributed by atoms with Crippen LogP contribution in [-0.4, -0.2) is 44.4 Å². The average Bonchev–Trinajstić information content (AvgIpc) is 3.16.